The van der Waals surface area contributed by atoms with Crippen LogP contribution >= 0.6 is 15.9 Å². The van der Waals surface area contributed by atoms with E-state index in [1.807, 2.05) is 13.8 Å². The highest BCUT2D eigenvalue weighted by molar-refractivity contribution is 9.09. The number of hydrogen-bond donors (Lipinski definition) is 0. The Bertz CT molecular complexity index is 145. The lowest BCUT2D eigenvalue weighted by Gasteiger charge is -2.00. The van der Waals surface area contributed by atoms with Gasteiger partial charge in [-0.05, 0) is 33.1 Å². The highest BCUT2D eigenvalue weighted by Gasteiger charge is 1.91. The molecule has 0 fully saturated rings. The van der Waals surface area contributed by atoms with Crippen LogP contribution in [0, 0.1) is 0 Å². The Balaban J connectivity index is 0. The van der Waals surface area contributed by atoms with Crippen molar-refractivity contribution in [1.29, 1.82) is 0 Å². The Morgan fingerprint density at radius 1 is 1.07 bits per heavy atom. The maximum atomic E-state index is 3.44. The summed E-state index contributed by atoms with van der Waals surface area (Å²) < 4.78 is 0. The van der Waals surface area contributed by atoms with Crippen LogP contribution in [0.4, 0.5) is 0 Å². The van der Waals surface area contributed by atoms with Gasteiger partial charge < -0.3 is 0 Å². The van der Waals surface area contributed by atoms with E-state index < -0.39 is 0 Å². The number of allylic oxidation sites excluding steroid dienone is 4. The van der Waals surface area contributed by atoms with E-state index >= 15 is 0 Å². The molecule has 0 unspecified atom stereocenters. The van der Waals surface area contributed by atoms with Gasteiger partial charge in [0.2, 0.25) is 0 Å². The number of hydrogen-bond acceptors (Lipinski definition) is 0. The van der Waals surface area contributed by atoms with Gasteiger partial charge in [0.1, 0.15) is 0 Å². The molecular formula is C13H25Br. The van der Waals surface area contributed by atoms with Crippen molar-refractivity contribution in [2.75, 3.05) is 5.33 Å². The van der Waals surface area contributed by atoms with Gasteiger partial charge in [-0.2, -0.15) is 0 Å². The second-order valence-corrected chi connectivity index (χ2v) is 3.66. The number of unbranched alkanes of at least 4 members (excludes halogenated alkanes) is 2. The number of alkyl halides is 1. The highest BCUT2D eigenvalue weighted by atomic mass is 79.9. The quantitative estimate of drug-likeness (QED) is 0.337. The molecule has 0 aromatic rings. The molecule has 0 saturated heterocycles. The molecule has 0 spiro atoms. The van der Waals surface area contributed by atoms with E-state index in [9.17, 15) is 0 Å². The molecule has 0 aliphatic rings. The minimum Gasteiger partial charge on any atom is -0.0928 e. The predicted molar refractivity (Wildman–Crippen MR) is 72.2 cm³/mol. The van der Waals surface area contributed by atoms with Crippen LogP contribution < -0.4 is 0 Å². The third-order valence-electron chi connectivity index (χ3n) is 1.85. The summed E-state index contributed by atoms with van der Waals surface area (Å²) >= 11 is 3.44. The minimum absolute atomic E-state index is 1.14. The van der Waals surface area contributed by atoms with Crippen LogP contribution in [0.3, 0.4) is 0 Å². The molecule has 0 N–H and O–H groups in total. The van der Waals surface area contributed by atoms with Crippen molar-refractivity contribution in [2.45, 2.75) is 53.4 Å². The summed E-state index contributed by atoms with van der Waals surface area (Å²) in [4.78, 5) is 0. The third-order valence-corrected chi connectivity index (χ3v) is 2.41. The number of halogens is 1. The van der Waals surface area contributed by atoms with Crippen LogP contribution in [-0.2, 0) is 0 Å². The lowest BCUT2D eigenvalue weighted by molar-refractivity contribution is 0.726. The lowest BCUT2D eigenvalue weighted by Crippen LogP contribution is -1.81. The first-order valence-corrected chi connectivity index (χ1v) is 6.81. The van der Waals surface area contributed by atoms with E-state index in [1.165, 1.54) is 31.3 Å². The van der Waals surface area contributed by atoms with Crippen molar-refractivity contribution in [3.8, 4) is 0 Å². The van der Waals surface area contributed by atoms with Gasteiger partial charge in [0, 0.05) is 5.33 Å². The Kier molecular flexibility index (Phi) is 18.1. The molecule has 0 nitrogen and oxygen atoms in total. The Morgan fingerprint density at radius 2 is 1.71 bits per heavy atom. The molecule has 0 heterocycles. The van der Waals surface area contributed by atoms with Crippen LogP contribution in [0.15, 0.2) is 23.8 Å². The van der Waals surface area contributed by atoms with Crippen molar-refractivity contribution in [3.63, 3.8) is 0 Å². The molecule has 0 aliphatic heterocycles. The molecule has 0 aromatic heterocycles. The summed E-state index contributed by atoms with van der Waals surface area (Å²) in [6.07, 6.45) is 11.7. The van der Waals surface area contributed by atoms with Crippen LogP contribution in [0.2, 0.25) is 0 Å². The smallest absolute Gasteiger partial charge is 0.00313 e. The summed E-state index contributed by atoms with van der Waals surface area (Å²) in [6, 6.07) is 0. The van der Waals surface area contributed by atoms with E-state index in [-0.39, 0.29) is 0 Å². The molecule has 0 saturated carbocycles. The van der Waals surface area contributed by atoms with E-state index in [0.717, 1.165) is 5.33 Å². The fourth-order valence-corrected chi connectivity index (χ4v) is 1.53. The lowest BCUT2D eigenvalue weighted by atomic mass is 10.1. The van der Waals surface area contributed by atoms with Gasteiger partial charge in [-0.15, -0.1) is 0 Å². The summed E-state index contributed by atoms with van der Waals surface area (Å²) in [5.74, 6) is 0. The standard InChI is InChI=1S/C11H19Br.C2H6/c1-3-8-11(4-2)9-6-5-7-10-12;1-2/h3-4,8H,5-7,9-10H2,1-2H3;1-2H3/b8-3-,11-4+;. The zero-order valence-electron chi connectivity index (χ0n) is 10.1. The van der Waals surface area contributed by atoms with E-state index in [4.69, 9.17) is 0 Å². The fourth-order valence-electron chi connectivity index (χ4n) is 1.14. The van der Waals surface area contributed by atoms with Crippen molar-refractivity contribution in [2.24, 2.45) is 0 Å². The average molecular weight is 261 g/mol. The van der Waals surface area contributed by atoms with Crippen molar-refractivity contribution >= 4 is 15.9 Å². The third kappa shape index (κ3) is 12.0. The summed E-state index contributed by atoms with van der Waals surface area (Å²) in [5, 5.41) is 1.14. The summed E-state index contributed by atoms with van der Waals surface area (Å²) in [5.41, 5.74) is 1.46. The second-order valence-electron chi connectivity index (χ2n) is 2.86. The van der Waals surface area contributed by atoms with Crippen LogP contribution in [-0.4, -0.2) is 5.33 Å². The summed E-state index contributed by atoms with van der Waals surface area (Å²) in [7, 11) is 0. The van der Waals surface area contributed by atoms with Gasteiger partial charge in [-0.25, -0.2) is 0 Å². The minimum atomic E-state index is 1.14. The molecule has 0 bridgehead atoms. The first kappa shape index (κ1) is 16.4. The fraction of sp³-hybridized carbons (Fsp3) is 0.692. The normalized spacial score (nSPS) is 11.4. The van der Waals surface area contributed by atoms with E-state index in [1.54, 1.807) is 0 Å². The second kappa shape index (κ2) is 15.4. The van der Waals surface area contributed by atoms with Crippen LogP contribution in [0.1, 0.15) is 53.4 Å². The zero-order chi connectivity index (χ0) is 11.2. The molecule has 0 aliphatic carbocycles. The van der Waals surface area contributed by atoms with Gasteiger partial charge in [-0.3, -0.25) is 0 Å². The maximum absolute atomic E-state index is 3.44. The molecule has 0 atom stereocenters. The molecular weight excluding hydrogens is 236 g/mol. The van der Waals surface area contributed by atoms with Gasteiger partial charge in [0.05, 0.1) is 0 Å². The molecule has 0 amide bonds. The van der Waals surface area contributed by atoms with Crippen molar-refractivity contribution in [1.82, 2.24) is 0 Å². The van der Waals surface area contributed by atoms with Gasteiger partial charge in [0.15, 0.2) is 0 Å². The molecule has 0 radical (unpaired) electrons. The predicted octanol–water partition coefficient (Wildman–Crippen LogP) is 5.49. The van der Waals surface area contributed by atoms with E-state index in [2.05, 4.69) is 48.0 Å². The topological polar surface area (TPSA) is 0 Å². The maximum Gasteiger partial charge on any atom is 0.00313 e. The molecule has 1 heteroatoms. The Labute approximate surface area is 98.6 Å². The molecule has 14 heavy (non-hydrogen) atoms. The molecule has 0 rings (SSSR count). The number of rotatable bonds is 6. The van der Waals surface area contributed by atoms with Gasteiger partial charge in [0.25, 0.3) is 0 Å². The van der Waals surface area contributed by atoms with E-state index in [0.29, 0.717) is 0 Å². The largest absolute Gasteiger partial charge is 0.0928 e. The highest BCUT2D eigenvalue weighted by Crippen LogP contribution is 2.10. The average Bonchev–Trinajstić information content (AvgIpc) is 2.25. The first-order chi connectivity index (χ1) is 6.85. The van der Waals surface area contributed by atoms with Crippen LogP contribution in [0.25, 0.3) is 0 Å². The van der Waals surface area contributed by atoms with Crippen molar-refractivity contribution in [3.05, 3.63) is 23.8 Å². The van der Waals surface area contributed by atoms with Crippen LogP contribution in [0.5, 0.6) is 0 Å². The van der Waals surface area contributed by atoms with Gasteiger partial charge >= 0.3 is 0 Å². The first-order valence-electron chi connectivity index (χ1n) is 5.69. The SMILES string of the molecule is C/C=C\C(=C/C)CCCCCBr.CC. The van der Waals surface area contributed by atoms with Crippen molar-refractivity contribution < 1.29 is 0 Å². The Hall–Kier alpha value is -0.0400. The van der Waals surface area contributed by atoms with Gasteiger partial charge in [-0.1, -0.05) is 60.0 Å². The molecule has 84 valence electrons. The zero-order valence-corrected chi connectivity index (χ0v) is 11.7. The molecule has 0 aromatic carbocycles. The summed E-state index contributed by atoms with van der Waals surface area (Å²) in [6.45, 7) is 8.18. The Morgan fingerprint density at radius 3 is 2.14 bits per heavy atom. The monoisotopic (exact) mass is 260 g/mol.